The zero-order valence-corrected chi connectivity index (χ0v) is 15.6. The number of aliphatic carboxylic acids is 1. The maximum Gasteiger partial charge on any atom is 0.303 e. The van der Waals surface area contributed by atoms with Crippen LogP contribution in [-0.2, 0) is 19.7 Å². The lowest BCUT2D eigenvalue weighted by molar-refractivity contribution is -0.143. The molecule has 2 aliphatic rings. The average Bonchev–Trinajstić information content (AvgIpc) is 2.67. The molecule has 26 heavy (non-hydrogen) atoms. The molecule has 5 heteroatoms. The van der Waals surface area contributed by atoms with Crippen LogP contribution in [0.3, 0.4) is 0 Å². The van der Waals surface area contributed by atoms with Crippen molar-refractivity contribution in [2.45, 2.75) is 50.9 Å². The van der Waals surface area contributed by atoms with Crippen molar-refractivity contribution in [2.75, 3.05) is 26.3 Å². The average molecular weight is 359 g/mol. The van der Waals surface area contributed by atoms with E-state index in [9.17, 15) is 9.59 Å². The van der Waals surface area contributed by atoms with Crippen LogP contribution in [0.1, 0.15) is 49.7 Å². The molecule has 0 spiro atoms. The number of hydrogen-bond acceptors (Lipinski definition) is 3. The van der Waals surface area contributed by atoms with Crippen molar-refractivity contribution >= 4 is 11.9 Å². The topological polar surface area (TPSA) is 66.8 Å². The van der Waals surface area contributed by atoms with Crippen LogP contribution in [0.4, 0.5) is 0 Å². The van der Waals surface area contributed by atoms with Gasteiger partial charge in [-0.25, -0.2) is 0 Å². The normalized spacial score (nSPS) is 22.8. The van der Waals surface area contributed by atoms with Gasteiger partial charge in [-0.05, 0) is 50.5 Å². The molecule has 1 amide bonds. The van der Waals surface area contributed by atoms with Crippen LogP contribution in [0.25, 0.3) is 0 Å². The van der Waals surface area contributed by atoms with E-state index in [0.717, 1.165) is 24.9 Å². The molecule has 2 saturated heterocycles. The second-order valence-electron chi connectivity index (χ2n) is 7.75. The summed E-state index contributed by atoms with van der Waals surface area (Å²) in [6.07, 6.45) is 4.23. The van der Waals surface area contributed by atoms with Crippen molar-refractivity contribution < 1.29 is 19.4 Å². The maximum absolute atomic E-state index is 13.6. The van der Waals surface area contributed by atoms with Gasteiger partial charge in [0.25, 0.3) is 0 Å². The van der Waals surface area contributed by atoms with Gasteiger partial charge in [0, 0.05) is 32.7 Å². The van der Waals surface area contributed by atoms with Gasteiger partial charge in [-0.3, -0.25) is 9.59 Å². The molecule has 3 rings (SSSR count). The van der Waals surface area contributed by atoms with E-state index in [1.807, 2.05) is 4.90 Å². The molecule has 5 nitrogen and oxygen atoms in total. The highest BCUT2D eigenvalue weighted by Crippen LogP contribution is 2.38. The minimum atomic E-state index is -0.756. The van der Waals surface area contributed by atoms with Gasteiger partial charge in [-0.1, -0.05) is 29.8 Å². The number of amides is 1. The Morgan fingerprint density at radius 2 is 1.92 bits per heavy atom. The number of aryl methyl sites for hydroxylation is 1. The van der Waals surface area contributed by atoms with Crippen LogP contribution >= 0.6 is 0 Å². The smallest absolute Gasteiger partial charge is 0.303 e. The lowest BCUT2D eigenvalue weighted by atomic mass is 9.72. The summed E-state index contributed by atoms with van der Waals surface area (Å²) in [6.45, 7) is 4.73. The van der Waals surface area contributed by atoms with Gasteiger partial charge in [0.1, 0.15) is 0 Å². The van der Waals surface area contributed by atoms with Crippen molar-refractivity contribution in [3.05, 3.63) is 35.4 Å². The molecule has 1 N–H and O–H groups in total. The second kappa shape index (κ2) is 8.21. The number of rotatable bonds is 5. The Kier molecular flexibility index (Phi) is 5.97. The fourth-order valence-corrected chi connectivity index (χ4v) is 4.33. The third kappa shape index (κ3) is 4.09. The summed E-state index contributed by atoms with van der Waals surface area (Å²) in [5.74, 6) is -0.266. The van der Waals surface area contributed by atoms with E-state index in [1.165, 1.54) is 5.56 Å². The molecule has 0 bridgehead atoms. The Hall–Kier alpha value is -1.88. The molecule has 0 aliphatic carbocycles. The summed E-state index contributed by atoms with van der Waals surface area (Å²) in [4.78, 5) is 26.5. The quantitative estimate of drug-likeness (QED) is 0.877. The van der Waals surface area contributed by atoms with E-state index < -0.39 is 11.4 Å². The van der Waals surface area contributed by atoms with Gasteiger partial charge in [-0.2, -0.15) is 0 Å². The summed E-state index contributed by atoms with van der Waals surface area (Å²) in [6, 6.07) is 8.33. The molecular formula is C21H29NO4. The van der Waals surface area contributed by atoms with Crippen LogP contribution < -0.4 is 0 Å². The molecular weight excluding hydrogens is 330 g/mol. The van der Waals surface area contributed by atoms with Gasteiger partial charge >= 0.3 is 5.97 Å². The number of ether oxygens (including phenoxy) is 1. The van der Waals surface area contributed by atoms with Gasteiger partial charge < -0.3 is 14.7 Å². The van der Waals surface area contributed by atoms with Crippen LogP contribution in [0, 0.1) is 12.8 Å². The lowest BCUT2D eigenvalue weighted by Gasteiger charge is -2.43. The Morgan fingerprint density at radius 1 is 1.23 bits per heavy atom. The van der Waals surface area contributed by atoms with Crippen molar-refractivity contribution in [3.63, 3.8) is 0 Å². The van der Waals surface area contributed by atoms with E-state index in [2.05, 4.69) is 31.2 Å². The van der Waals surface area contributed by atoms with Gasteiger partial charge in [-0.15, -0.1) is 0 Å². The molecule has 0 radical (unpaired) electrons. The van der Waals surface area contributed by atoms with Crippen molar-refractivity contribution in [1.29, 1.82) is 0 Å². The molecule has 0 aromatic heterocycles. The highest BCUT2D eigenvalue weighted by atomic mass is 16.5. The molecule has 1 atom stereocenters. The molecule has 142 valence electrons. The van der Waals surface area contributed by atoms with E-state index in [0.29, 0.717) is 44.9 Å². The minimum absolute atomic E-state index is 0.184. The number of likely N-dealkylation sites (tertiary alicyclic amines) is 1. The molecule has 1 unspecified atom stereocenters. The zero-order chi connectivity index (χ0) is 18.6. The third-order valence-corrected chi connectivity index (χ3v) is 5.93. The van der Waals surface area contributed by atoms with E-state index in [1.54, 1.807) is 0 Å². The standard InChI is InChI=1S/C21H29NO4/c1-16-4-7-18(8-5-16)21(10-13-26-14-11-21)20(25)22-12-2-3-17(15-22)6-9-19(23)24/h4-5,7-8,17H,2-3,6,9-15H2,1H3,(H,23,24). The van der Waals surface area contributed by atoms with Crippen LogP contribution in [-0.4, -0.2) is 48.2 Å². The predicted octanol–water partition coefficient (Wildman–Crippen LogP) is 3.15. The summed E-state index contributed by atoms with van der Waals surface area (Å²) >= 11 is 0. The fraction of sp³-hybridized carbons (Fsp3) is 0.619. The van der Waals surface area contributed by atoms with E-state index >= 15 is 0 Å². The number of carbonyl (C=O) groups excluding carboxylic acids is 1. The number of nitrogens with zero attached hydrogens (tertiary/aromatic N) is 1. The Labute approximate surface area is 155 Å². The Morgan fingerprint density at radius 3 is 2.58 bits per heavy atom. The first kappa shape index (κ1) is 18.9. The first-order chi connectivity index (χ1) is 12.5. The summed E-state index contributed by atoms with van der Waals surface area (Å²) < 4.78 is 5.56. The monoisotopic (exact) mass is 359 g/mol. The predicted molar refractivity (Wildman–Crippen MR) is 99.1 cm³/mol. The lowest BCUT2D eigenvalue weighted by Crippen LogP contribution is -2.52. The Bertz CT molecular complexity index is 634. The summed E-state index contributed by atoms with van der Waals surface area (Å²) in [7, 11) is 0. The molecule has 0 saturated carbocycles. The highest BCUT2D eigenvalue weighted by molar-refractivity contribution is 5.88. The number of carboxylic acids is 1. The molecule has 1 aromatic carbocycles. The summed E-state index contributed by atoms with van der Waals surface area (Å²) in [5.41, 5.74) is 1.78. The highest BCUT2D eigenvalue weighted by Gasteiger charge is 2.44. The molecule has 2 heterocycles. The first-order valence-corrected chi connectivity index (χ1v) is 9.67. The van der Waals surface area contributed by atoms with Gasteiger partial charge in [0.15, 0.2) is 0 Å². The second-order valence-corrected chi connectivity index (χ2v) is 7.75. The SMILES string of the molecule is Cc1ccc(C2(C(=O)N3CCCC(CCC(=O)O)C3)CCOCC2)cc1. The summed E-state index contributed by atoms with van der Waals surface area (Å²) in [5, 5.41) is 8.94. The number of hydrogen-bond donors (Lipinski definition) is 1. The van der Waals surface area contributed by atoms with Crippen LogP contribution in [0.5, 0.6) is 0 Å². The fourth-order valence-electron chi connectivity index (χ4n) is 4.33. The van der Waals surface area contributed by atoms with Crippen molar-refractivity contribution in [3.8, 4) is 0 Å². The zero-order valence-electron chi connectivity index (χ0n) is 15.6. The number of piperidine rings is 1. The number of benzene rings is 1. The number of carbonyl (C=O) groups is 2. The first-order valence-electron chi connectivity index (χ1n) is 9.67. The Balaban J connectivity index is 1.79. The molecule has 1 aromatic rings. The van der Waals surface area contributed by atoms with Crippen molar-refractivity contribution in [1.82, 2.24) is 4.90 Å². The van der Waals surface area contributed by atoms with Crippen molar-refractivity contribution in [2.24, 2.45) is 5.92 Å². The maximum atomic E-state index is 13.6. The molecule has 2 fully saturated rings. The molecule has 2 aliphatic heterocycles. The third-order valence-electron chi connectivity index (χ3n) is 5.93. The van der Waals surface area contributed by atoms with Gasteiger partial charge in [0.05, 0.1) is 5.41 Å². The number of carboxylic acid groups (broad SMARTS) is 1. The largest absolute Gasteiger partial charge is 0.481 e. The van der Waals surface area contributed by atoms with E-state index in [-0.39, 0.29) is 12.3 Å². The van der Waals surface area contributed by atoms with Gasteiger partial charge in [0.2, 0.25) is 5.91 Å². The van der Waals surface area contributed by atoms with Crippen LogP contribution in [0.2, 0.25) is 0 Å². The van der Waals surface area contributed by atoms with Crippen LogP contribution in [0.15, 0.2) is 24.3 Å². The minimum Gasteiger partial charge on any atom is -0.481 e. The van der Waals surface area contributed by atoms with E-state index in [4.69, 9.17) is 9.84 Å².